The predicted octanol–water partition coefficient (Wildman–Crippen LogP) is 0.701. The maximum absolute atomic E-state index is 10.4. The van der Waals surface area contributed by atoms with Gasteiger partial charge in [0.15, 0.2) is 5.65 Å². The van der Waals surface area contributed by atoms with Gasteiger partial charge in [-0.25, -0.2) is 9.78 Å². The Morgan fingerprint density at radius 1 is 1.52 bits per heavy atom. The number of nitrogens with zero attached hydrogens (tertiary/aromatic N) is 4. The van der Waals surface area contributed by atoms with Crippen LogP contribution in [0.3, 0.4) is 0 Å². The van der Waals surface area contributed by atoms with E-state index in [0.29, 0.717) is 30.3 Å². The average molecular weight is 288 g/mol. The zero-order valence-corrected chi connectivity index (χ0v) is 11.9. The zero-order valence-electron chi connectivity index (χ0n) is 11.9. The molecule has 0 unspecified atom stereocenters. The molecule has 0 fully saturated rings. The lowest BCUT2D eigenvalue weighted by atomic mass is 10.3. The van der Waals surface area contributed by atoms with Crippen LogP contribution >= 0.6 is 0 Å². The minimum Gasteiger partial charge on any atom is -0.450 e. The van der Waals surface area contributed by atoms with E-state index in [-0.39, 0.29) is 6.61 Å². The summed E-state index contributed by atoms with van der Waals surface area (Å²) in [5.74, 6) is 7.26. The quantitative estimate of drug-likeness (QED) is 0.633. The second kappa shape index (κ2) is 6.56. The zero-order chi connectivity index (χ0) is 15.2. The number of aromatic nitrogens is 4. The molecule has 110 valence electrons. The third-order valence-electron chi connectivity index (χ3n) is 2.62. The highest BCUT2D eigenvalue weighted by Gasteiger charge is 2.08. The molecule has 0 aliphatic rings. The van der Waals surface area contributed by atoms with Crippen LogP contribution in [0, 0.1) is 18.8 Å². The van der Waals surface area contributed by atoms with Crippen LogP contribution in [-0.2, 0) is 4.74 Å². The second-order valence-electron chi connectivity index (χ2n) is 4.21. The van der Waals surface area contributed by atoms with Crippen LogP contribution in [0.4, 0.5) is 10.7 Å². The van der Waals surface area contributed by atoms with Gasteiger partial charge >= 0.3 is 6.09 Å². The Morgan fingerprint density at radius 3 is 3.05 bits per heavy atom. The fraction of sp³-hybridized carbons (Fsp3) is 0.385. The van der Waals surface area contributed by atoms with Gasteiger partial charge in [0.05, 0.1) is 18.4 Å². The van der Waals surface area contributed by atoms with Crippen LogP contribution in [0.25, 0.3) is 5.65 Å². The summed E-state index contributed by atoms with van der Waals surface area (Å²) in [6, 6.07) is 0. The normalized spacial score (nSPS) is 10.0. The Balaban J connectivity index is 2.10. The summed E-state index contributed by atoms with van der Waals surface area (Å²) in [6.45, 7) is 2.08. The molecule has 0 aromatic carbocycles. The number of hydrogen-bond acceptors (Lipinski definition) is 6. The van der Waals surface area contributed by atoms with Gasteiger partial charge in [-0.2, -0.15) is 14.6 Å². The van der Waals surface area contributed by atoms with Crippen LogP contribution in [0.15, 0.2) is 6.20 Å². The molecular formula is C13H16N6O2. The number of unbranched alkanes of at least 4 members (excludes halogenated alkanes) is 1. The maximum Gasteiger partial charge on any atom is 0.404 e. The first kappa shape index (κ1) is 14.6. The molecule has 0 aliphatic heterocycles. The van der Waals surface area contributed by atoms with Gasteiger partial charge in [0, 0.05) is 13.5 Å². The largest absolute Gasteiger partial charge is 0.450 e. The van der Waals surface area contributed by atoms with Crippen molar-refractivity contribution in [3.8, 4) is 11.8 Å². The molecule has 0 spiro atoms. The van der Waals surface area contributed by atoms with E-state index >= 15 is 0 Å². The van der Waals surface area contributed by atoms with Crippen molar-refractivity contribution < 1.29 is 9.53 Å². The summed E-state index contributed by atoms with van der Waals surface area (Å²) in [7, 11) is 1.77. The van der Waals surface area contributed by atoms with Crippen molar-refractivity contribution in [3.63, 3.8) is 0 Å². The SMILES string of the molecule is CNc1nc(C)nc2c(C#CCCCOC(N)=O)cnn12. The molecule has 2 aromatic heterocycles. The summed E-state index contributed by atoms with van der Waals surface area (Å²) in [5, 5.41) is 7.17. The highest BCUT2D eigenvalue weighted by Crippen LogP contribution is 2.11. The summed E-state index contributed by atoms with van der Waals surface area (Å²) >= 11 is 0. The standard InChI is InChI=1S/C13H16N6O2/c1-9-17-11-10(6-4-3-5-7-21-12(14)20)8-16-19(11)13(15-2)18-9/h8H,3,5,7H2,1-2H3,(H2,14,20)(H,15,17,18). The van der Waals surface area contributed by atoms with E-state index in [2.05, 4.69) is 37.0 Å². The van der Waals surface area contributed by atoms with Crippen LogP contribution in [-0.4, -0.2) is 39.3 Å². The Labute approximate surface area is 121 Å². The van der Waals surface area contributed by atoms with Crippen molar-refractivity contribution in [2.45, 2.75) is 19.8 Å². The fourth-order valence-corrected chi connectivity index (χ4v) is 1.72. The van der Waals surface area contributed by atoms with Gasteiger partial charge in [0.2, 0.25) is 5.95 Å². The lowest BCUT2D eigenvalue weighted by Crippen LogP contribution is -2.13. The first-order chi connectivity index (χ1) is 10.1. The number of fused-ring (bicyclic) bond motifs is 1. The van der Waals surface area contributed by atoms with Gasteiger partial charge in [0.25, 0.3) is 0 Å². The Bertz CT molecular complexity index is 713. The molecule has 1 amide bonds. The summed E-state index contributed by atoms with van der Waals surface area (Å²) in [4.78, 5) is 19.0. The van der Waals surface area contributed by atoms with E-state index in [9.17, 15) is 4.79 Å². The Morgan fingerprint density at radius 2 is 2.33 bits per heavy atom. The summed E-state index contributed by atoms with van der Waals surface area (Å²) < 4.78 is 6.23. The van der Waals surface area contributed by atoms with Crippen molar-refractivity contribution in [2.24, 2.45) is 5.73 Å². The number of carbonyl (C=O) groups is 1. The minimum absolute atomic E-state index is 0.268. The average Bonchev–Trinajstić information content (AvgIpc) is 2.84. The molecule has 2 heterocycles. The highest BCUT2D eigenvalue weighted by molar-refractivity contribution is 5.64. The minimum atomic E-state index is -0.766. The molecule has 3 N–H and O–H groups in total. The van der Waals surface area contributed by atoms with Gasteiger partial charge in [-0.15, -0.1) is 0 Å². The molecule has 0 radical (unpaired) electrons. The smallest absolute Gasteiger partial charge is 0.404 e. The van der Waals surface area contributed by atoms with Crippen LogP contribution in [0.2, 0.25) is 0 Å². The van der Waals surface area contributed by atoms with Gasteiger partial charge in [-0.1, -0.05) is 11.8 Å². The summed E-state index contributed by atoms with van der Waals surface area (Å²) in [5.41, 5.74) is 6.25. The maximum atomic E-state index is 10.4. The van der Waals surface area contributed by atoms with Crippen molar-refractivity contribution in [1.82, 2.24) is 19.6 Å². The number of aryl methyl sites for hydroxylation is 1. The number of anilines is 1. The van der Waals surface area contributed by atoms with E-state index in [0.717, 1.165) is 5.56 Å². The number of primary amides is 1. The molecule has 0 bridgehead atoms. The van der Waals surface area contributed by atoms with Crippen LogP contribution in [0.5, 0.6) is 0 Å². The molecule has 0 saturated heterocycles. The third kappa shape index (κ3) is 3.60. The number of ether oxygens (including phenoxy) is 1. The number of amides is 1. The number of nitrogens with one attached hydrogen (secondary N) is 1. The van der Waals surface area contributed by atoms with Gasteiger partial charge in [0.1, 0.15) is 5.82 Å². The van der Waals surface area contributed by atoms with E-state index in [1.807, 2.05) is 6.92 Å². The number of carbonyl (C=O) groups excluding carboxylic acids is 1. The summed E-state index contributed by atoms with van der Waals surface area (Å²) in [6.07, 6.45) is 2.10. The Kier molecular flexibility index (Phi) is 4.56. The lowest BCUT2D eigenvalue weighted by Gasteiger charge is -2.02. The van der Waals surface area contributed by atoms with Crippen LogP contribution < -0.4 is 11.1 Å². The van der Waals surface area contributed by atoms with E-state index in [1.54, 1.807) is 17.8 Å². The number of rotatable bonds is 4. The molecule has 8 nitrogen and oxygen atoms in total. The van der Waals surface area contributed by atoms with E-state index in [1.165, 1.54) is 0 Å². The molecule has 21 heavy (non-hydrogen) atoms. The van der Waals surface area contributed by atoms with Crippen molar-refractivity contribution in [1.29, 1.82) is 0 Å². The van der Waals surface area contributed by atoms with Crippen molar-refractivity contribution in [3.05, 3.63) is 17.6 Å². The molecule has 8 heteroatoms. The Hall–Kier alpha value is -2.82. The molecule has 0 saturated carbocycles. The topological polar surface area (TPSA) is 107 Å². The lowest BCUT2D eigenvalue weighted by molar-refractivity contribution is 0.156. The van der Waals surface area contributed by atoms with E-state index < -0.39 is 6.09 Å². The fourth-order valence-electron chi connectivity index (χ4n) is 1.72. The molecule has 2 rings (SSSR count). The molecule has 0 atom stereocenters. The molecular weight excluding hydrogens is 272 g/mol. The number of hydrogen-bond donors (Lipinski definition) is 2. The third-order valence-corrected chi connectivity index (χ3v) is 2.62. The van der Waals surface area contributed by atoms with Crippen molar-refractivity contribution in [2.75, 3.05) is 19.0 Å². The van der Waals surface area contributed by atoms with Gasteiger partial charge < -0.3 is 15.8 Å². The second-order valence-corrected chi connectivity index (χ2v) is 4.21. The van der Waals surface area contributed by atoms with Gasteiger partial charge in [-0.3, -0.25) is 0 Å². The van der Waals surface area contributed by atoms with Gasteiger partial charge in [-0.05, 0) is 13.3 Å². The highest BCUT2D eigenvalue weighted by atomic mass is 16.5. The predicted molar refractivity (Wildman–Crippen MR) is 76.7 cm³/mol. The van der Waals surface area contributed by atoms with Crippen molar-refractivity contribution >= 4 is 17.7 Å². The number of nitrogens with two attached hydrogens (primary N) is 1. The van der Waals surface area contributed by atoms with Crippen LogP contribution in [0.1, 0.15) is 24.2 Å². The monoisotopic (exact) mass is 288 g/mol. The molecule has 0 aliphatic carbocycles. The van der Waals surface area contributed by atoms with E-state index in [4.69, 9.17) is 5.73 Å². The first-order valence-corrected chi connectivity index (χ1v) is 6.43. The first-order valence-electron chi connectivity index (χ1n) is 6.43. The molecule has 2 aromatic rings.